The summed E-state index contributed by atoms with van der Waals surface area (Å²) >= 11 is 0. The van der Waals surface area contributed by atoms with Gasteiger partial charge in [0.1, 0.15) is 0 Å². The maximum atomic E-state index is 5.91. The molecule has 0 heterocycles. The van der Waals surface area contributed by atoms with E-state index in [4.69, 9.17) is 4.74 Å². The molecule has 0 unspecified atom stereocenters. The van der Waals surface area contributed by atoms with Crippen molar-refractivity contribution in [3.63, 3.8) is 0 Å². The Kier molecular flexibility index (Phi) is 5.73. The van der Waals surface area contributed by atoms with Gasteiger partial charge in [-0.2, -0.15) is 0 Å². The molecule has 0 saturated carbocycles. The van der Waals surface area contributed by atoms with Gasteiger partial charge in [-0.3, -0.25) is 0 Å². The van der Waals surface area contributed by atoms with Gasteiger partial charge in [0.15, 0.2) is 0 Å². The van der Waals surface area contributed by atoms with Crippen molar-refractivity contribution >= 4 is 0 Å². The summed E-state index contributed by atoms with van der Waals surface area (Å²) in [4.78, 5) is 0. The summed E-state index contributed by atoms with van der Waals surface area (Å²) in [6.07, 6.45) is 4.84. The van der Waals surface area contributed by atoms with Gasteiger partial charge in [-0.1, -0.05) is 40.5 Å². The molecule has 0 aliphatic carbocycles. The van der Waals surface area contributed by atoms with Crippen molar-refractivity contribution in [2.45, 2.75) is 72.8 Å². The van der Waals surface area contributed by atoms with Crippen LogP contribution in [0.3, 0.4) is 0 Å². The quantitative estimate of drug-likeness (QED) is 0.617. The predicted octanol–water partition coefficient (Wildman–Crippen LogP) is 4.41. The summed E-state index contributed by atoms with van der Waals surface area (Å²) < 4.78 is 5.91. The fourth-order valence-electron chi connectivity index (χ4n) is 1.31. The van der Waals surface area contributed by atoms with Crippen molar-refractivity contribution in [3.05, 3.63) is 0 Å². The minimum Gasteiger partial charge on any atom is -0.376 e. The van der Waals surface area contributed by atoms with E-state index >= 15 is 0 Å². The molecule has 0 bridgehead atoms. The molecular weight excluding hydrogens is 172 g/mol. The number of ether oxygens (including phenoxy) is 1. The SMILES string of the molecule is CCCCC(C)(C)OCCC(C)(C)C. The lowest BCUT2D eigenvalue weighted by molar-refractivity contribution is -0.0341. The van der Waals surface area contributed by atoms with E-state index in [-0.39, 0.29) is 5.60 Å². The maximum absolute atomic E-state index is 5.91. The van der Waals surface area contributed by atoms with E-state index in [1.165, 1.54) is 19.3 Å². The third kappa shape index (κ3) is 8.55. The molecule has 14 heavy (non-hydrogen) atoms. The molecule has 86 valence electrons. The van der Waals surface area contributed by atoms with Crippen LogP contribution >= 0.6 is 0 Å². The van der Waals surface area contributed by atoms with Crippen molar-refractivity contribution in [3.8, 4) is 0 Å². The normalized spacial score (nSPS) is 13.3. The molecule has 0 aromatic rings. The highest BCUT2D eigenvalue weighted by Crippen LogP contribution is 2.22. The summed E-state index contributed by atoms with van der Waals surface area (Å²) in [5.74, 6) is 0. The zero-order valence-corrected chi connectivity index (χ0v) is 10.9. The lowest BCUT2D eigenvalue weighted by Crippen LogP contribution is -2.26. The molecule has 0 fully saturated rings. The lowest BCUT2D eigenvalue weighted by atomic mass is 9.92. The number of rotatable bonds is 6. The van der Waals surface area contributed by atoms with E-state index in [0.29, 0.717) is 5.41 Å². The minimum absolute atomic E-state index is 0.0707. The Balaban J connectivity index is 3.65. The largest absolute Gasteiger partial charge is 0.376 e. The van der Waals surface area contributed by atoms with Crippen molar-refractivity contribution in [1.82, 2.24) is 0 Å². The van der Waals surface area contributed by atoms with Crippen molar-refractivity contribution in [1.29, 1.82) is 0 Å². The minimum atomic E-state index is 0.0707. The first-order chi connectivity index (χ1) is 6.27. The van der Waals surface area contributed by atoms with Crippen LogP contribution in [0.1, 0.15) is 67.2 Å². The van der Waals surface area contributed by atoms with Gasteiger partial charge in [-0.15, -0.1) is 0 Å². The van der Waals surface area contributed by atoms with E-state index in [9.17, 15) is 0 Å². The highest BCUT2D eigenvalue weighted by molar-refractivity contribution is 4.69. The molecule has 0 aliphatic rings. The fourth-order valence-corrected chi connectivity index (χ4v) is 1.31. The molecule has 0 rings (SSSR count). The van der Waals surface area contributed by atoms with Gasteiger partial charge in [-0.05, 0) is 32.1 Å². The second kappa shape index (κ2) is 5.75. The van der Waals surface area contributed by atoms with Crippen molar-refractivity contribution in [2.24, 2.45) is 5.41 Å². The third-order valence-electron chi connectivity index (χ3n) is 2.48. The van der Waals surface area contributed by atoms with Crippen LogP contribution < -0.4 is 0 Å². The smallest absolute Gasteiger partial charge is 0.0626 e. The molecule has 0 N–H and O–H groups in total. The van der Waals surface area contributed by atoms with Gasteiger partial charge in [-0.25, -0.2) is 0 Å². The lowest BCUT2D eigenvalue weighted by Gasteiger charge is -2.27. The monoisotopic (exact) mass is 200 g/mol. The molecule has 0 spiro atoms. The highest BCUT2D eigenvalue weighted by Gasteiger charge is 2.18. The van der Waals surface area contributed by atoms with Crippen LogP contribution in [0.25, 0.3) is 0 Å². The van der Waals surface area contributed by atoms with Crippen LogP contribution in [-0.4, -0.2) is 12.2 Å². The van der Waals surface area contributed by atoms with Crippen LogP contribution in [-0.2, 0) is 4.74 Å². The Labute approximate surface area is 90.2 Å². The van der Waals surface area contributed by atoms with Crippen molar-refractivity contribution < 1.29 is 4.74 Å². The van der Waals surface area contributed by atoms with E-state index in [1.54, 1.807) is 0 Å². The second-order valence-corrected chi connectivity index (χ2v) is 6.02. The Morgan fingerprint density at radius 1 is 0.929 bits per heavy atom. The van der Waals surface area contributed by atoms with Gasteiger partial charge < -0.3 is 4.74 Å². The molecule has 0 radical (unpaired) electrons. The maximum Gasteiger partial charge on any atom is 0.0626 e. The van der Waals surface area contributed by atoms with E-state index in [2.05, 4.69) is 41.5 Å². The van der Waals surface area contributed by atoms with E-state index < -0.39 is 0 Å². The van der Waals surface area contributed by atoms with Crippen LogP contribution in [0.15, 0.2) is 0 Å². The average Bonchev–Trinajstić information content (AvgIpc) is 1.98. The highest BCUT2D eigenvalue weighted by atomic mass is 16.5. The van der Waals surface area contributed by atoms with Gasteiger partial charge in [0.05, 0.1) is 5.60 Å². The topological polar surface area (TPSA) is 9.23 Å². The van der Waals surface area contributed by atoms with Gasteiger partial charge in [0, 0.05) is 6.61 Å². The first kappa shape index (κ1) is 14.0. The summed E-state index contributed by atoms with van der Waals surface area (Å²) in [6.45, 7) is 14.3. The second-order valence-electron chi connectivity index (χ2n) is 6.02. The van der Waals surface area contributed by atoms with Gasteiger partial charge in [0.2, 0.25) is 0 Å². The first-order valence-electron chi connectivity index (χ1n) is 5.91. The zero-order chi connectivity index (χ0) is 11.2. The Morgan fingerprint density at radius 2 is 1.50 bits per heavy atom. The molecule has 0 amide bonds. The van der Waals surface area contributed by atoms with E-state index in [1.807, 2.05) is 0 Å². The Morgan fingerprint density at radius 3 is 1.93 bits per heavy atom. The molecule has 0 aromatic carbocycles. The molecule has 1 nitrogen and oxygen atoms in total. The van der Waals surface area contributed by atoms with E-state index in [0.717, 1.165) is 13.0 Å². The van der Waals surface area contributed by atoms with Crippen LogP contribution in [0.2, 0.25) is 0 Å². The summed E-state index contributed by atoms with van der Waals surface area (Å²) in [6, 6.07) is 0. The Bertz CT molecular complexity index is 142. The third-order valence-corrected chi connectivity index (χ3v) is 2.48. The summed E-state index contributed by atoms with van der Waals surface area (Å²) in [7, 11) is 0. The molecule has 0 atom stereocenters. The van der Waals surface area contributed by atoms with Crippen LogP contribution in [0, 0.1) is 5.41 Å². The molecule has 0 saturated heterocycles. The van der Waals surface area contributed by atoms with Crippen LogP contribution in [0.4, 0.5) is 0 Å². The molecule has 0 aromatic heterocycles. The summed E-state index contributed by atoms with van der Waals surface area (Å²) in [5, 5.41) is 0. The zero-order valence-electron chi connectivity index (χ0n) is 10.9. The number of hydrogen-bond acceptors (Lipinski definition) is 1. The molecule has 1 heteroatoms. The summed E-state index contributed by atoms with van der Waals surface area (Å²) in [5.41, 5.74) is 0.460. The predicted molar refractivity (Wildman–Crippen MR) is 63.6 cm³/mol. The fraction of sp³-hybridized carbons (Fsp3) is 1.00. The number of unbranched alkanes of at least 4 members (excludes halogenated alkanes) is 1. The van der Waals surface area contributed by atoms with Crippen LogP contribution in [0.5, 0.6) is 0 Å². The standard InChI is InChI=1S/C13H28O/c1-7-8-9-13(5,6)14-11-10-12(2,3)4/h7-11H2,1-6H3. The molecular formula is C13H28O. The van der Waals surface area contributed by atoms with Gasteiger partial charge in [0.25, 0.3) is 0 Å². The van der Waals surface area contributed by atoms with Gasteiger partial charge >= 0.3 is 0 Å². The molecule has 0 aliphatic heterocycles. The number of hydrogen-bond donors (Lipinski definition) is 0. The van der Waals surface area contributed by atoms with Crippen molar-refractivity contribution in [2.75, 3.05) is 6.61 Å². The average molecular weight is 200 g/mol. The first-order valence-corrected chi connectivity index (χ1v) is 5.91. The Hall–Kier alpha value is -0.0400.